The van der Waals surface area contributed by atoms with Crippen LogP contribution in [0.1, 0.15) is 40.3 Å². The first-order valence-corrected chi connectivity index (χ1v) is 15.7. The van der Waals surface area contributed by atoms with E-state index in [2.05, 4.69) is 4.98 Å². The van der Waals surface area contributed by atoms with Gasteiger partial charge in [-0.2, -0.15) is 0 Å². The number of ether oxygens (including phenoxy) is 1. The number of thiazole rings is 1. The summed E-state index contributed by atoms with van der Waals surface area (Å²) in [6.07, 6.45) is 0.483. The second kappa shape index (κ2) is 10.0. The smallest absolute Gasteiger partial charge is 0.305 e. The SMILES string of the molecule is Cc1ccccc1COc1ccc(Cl)cc1[C@H]1c2sc(=O)[nH]c2SC2C3CC(C4C(=O)N(CCC(=O)O)C(=O)C34)C21. The number of fused-ring (bicyclic) bond motifs is 9. The number of carboxylic acid groups (broad SMARTS) is 1. The number of benzene rings is 2. The molecule has 2 saturated carbocycles. The highest BCUT2D eigenvalue weighted by molar-refractivity contribution is 8.00. The number of amides is 2. The molecule has 1 saturated heterocycles. The number of carboxylic acids is 1. The standard InChI is InChI=1S/C30H27ClN2O6S2/c1-13-4-2-3-5-14(13)12-39-19-7-6-15(31)10-16(19)21-22-17-11-18(25(22)40-27-26(21)41-30(38)32-27)24-23(17)28(36)33(29(24)37)9-8-20(34)35/h2-7,10,17-18,21-25H,8-9,11-12H2,1H3,(H,32,38)(H,34,35)/t17?,18?,21-,22?,23?,24?,25?/m1/s1. The summed E-state index contributed by atoms with van der Waals surface area (Å²) < 4.78 is 6.42. The van der Waals surface area contributed by atoms with Crippen molar-refractivity contribution >= 4 is 52.5 Å². The number of aliphatic carboxylic acids is 1. The number of aromatic nitrogens is 1. The number of nitrogens with one attached hydrogen (secondary N) is 1. The maximum absolute atomic E-state index is 13.6. The van der Waals surface area contributed by atoms with Crippen molar-refractivity contribution < 1.29 is 24.2 Å². The molecular formula is C30H27ClN2O6S2. The molecule has 212 valence electrons. The number of thioether (sulfide) groups is 1. The molecule has 3 heterocycles. The maximum Gasteiger partial charge on any atom is 0.305 e. The fraction of sp³-hybridized carbons (Fsp3) is 0.400. The molecule has 2 aromatic carbocycles. The fourth-order valence-corrected chi connectivity index (χ4v) is 10.7. The minimum atomic E-state index is -1.04. The summed E-state index contributed by atoms with van der Waals surface area (Å²) in [6, 6.07) is 13.6. The van der Waals surface area contributed by atoms with Crippen molar-refractivity contribution in [1.82, 2.24) is 9.88 Å². The van der Waals surface area contributed by atoms with Crippen LogP contribution in [-0.2, 0) is 21.0 Å². The van der Waals surface area contributed by atoms with Gasteiger partial charge in [-0.25, -0.2) is 0 Å². The molecule has 3 aromatic rings. The zero-order chi connectivity index (χ0) is 28.6. The summed E-state index contributed by atoms with van der Waals surface area (Å²) in [5.41, 5.74) is 3.07. The Kier molecular flexibility index (Phi) is 6.55. The van der Waals surface area contributed by atoms with Crippen LogP contribution in [0.2, 0.25) is 5.02 Å². The van der Waals surface area contributed by atoms with E-state index in [0.29, 0.717) is 17.4 Å². The van der Waals surface area contributed by atoms with Gasteiger partial charge in [-0.1, -0.05) is 47.2 Å². The molecule has 0 radical (unpaired) electrons. The lowest BCUT2D eigenvalue weighted by molar-refractivity contribution is -0.142. The Hall–Kier alpha value is -3.08. The summed E-state index contributed by atoms with van der Waals surface area (Å²) in [7, 11) is 0. The first kappa shape index (κ1) is 26.8. The van der Waals surface area contributed by atoms with Crippen LogP contribution < -0.4 is 9.61 Å². The van der Waals surface area contributed by atoms with E-state index in [1.165, 1.54) is 16.2 Å². The molecule has 2 bridgehead atoms. The largest absolute Gasteiger partial charge is 0.489 e. The number of aryl methyl sites for hydroxylation is 1. The summed E-state index contributed by atoms with van der Waals surface area (Å²) in [5, 5.41) is 10.5. The minimum Gasteiger partial charge on any atom is -0.489 e. The third-order valence-electron chi connectivity index (χ3n) is 9.32. The number of carbonyl (C=O) groups is 3. The van der Waals surface area contributed by atoms with Crippen LogP contribution in [0.25, 0.3) is 0 Å². The van der Waals surface area contributed by atoms with E-state index in [9.17, 15) is 24.3 Å². The summed E-state index contributed by atoms with van der Waals surface area (Å²) in [4.78, 5) is 55.8. The third kappa shape index (κ3) is 4.25. The van der Waals surface area contributed by atoms with Crippen molar-refractivity contribution in [2.24, 2.45) is 29.6 Å². The van der Waals surface area contributed by atoms with Gasteiger partial charge in [-0.3, -0.25) is 24.1 Å². The van der Waals surface area contributed by atoms with Crippen molar-refractivity contribution in [3.05, 3.63) is 78.7 Å². The van der Waals surface area contributed by atoms with Crippen LogP contribution in [-0.4, -0.2) is 44.6 Å². The summed E-state index contributed by atoms with van der Waals surface area (Å²) >= 11 is 9.35. The number of rotatable bonds is 7. The van der Waals surface area contributed by atoms with Gasteiger partial charge in [0, 0.05) is 33.2 Å². The average Bonchev–Trinajstić information content (AvgIpc) is 3.66. The van der Waals surface area contributed by atoms with E-state index in [0.717, 1.165) is 33.0 Å². The highest BCUT2D eigenvalue weighted by Gasteiger charge is 2.69. The van der Waals surface area contributed by atoms with Crippen LogP contribution in [0.15, 0.2) is 52.3 Å². The van der Waals surface area contributed by atoms with Crippen molar-refractivity contribution in [3.63, 3.8) is 0 Å². The highest BCUT2D eigenvalue weighted by Crippen LogP contribution is 2.69. The fourth-order valence-electron chi connectivity index (χ4n) is 7.68. The van der Waals surface area contributed by atoms with Crippen molar-refractivity contribution in [2.75, 3.05) is 6.54 Å². The first-order valence-electron chi connectivity index (χ1n) is 13.7. The molecule has 3 fully saturated rings. The molecular weight excluding hydrogens is 584 g/mol. The Morgan fingerprint density at radius 3 is 2.63 bits per heavy atom. The van der Waals surface area contributed by atoms with E-state index in [1.54, 1.807) is 17.8 Å². The van der Waals surface area contributed by atoms with Crippen LogP contribution in [0.5, 0.6) is 5.75 Å². The second-order valence-electron chi connectivity index (χ2n) is 11.3. The van der Waals surface area contributed by atoms with Gasteiger partial charge < -0.3 is 14.8 Å². The molecule has 8 nitrogen and oxygen atoms in total. The van der Waals surface area contributed by atoms with E-state index in [-0.39, 0.29) is 58.6 Å². The molecule has 0 spiro atoms. The van der Waals surface area contributed by atoms with Crippen molar-refractivity contribution in [2.45, 2.75) is 42.6 Å². The summed E-state index contributed by atoms with van der Waals surface area (Å²) in [6.45, 7) is 2.31. The monoisotopic (exact) mass is 610 g/mol. The number of hydrogen-bond donors (Lipinski definition) is 2. The average molecular weight is 611 g/mol. The molecule has 2 N–H and O–H groups in total. The van der Waals surface area contributed by atoms with Gasteiger partial charge in [-0.15, -0.1) is 11.8 Å². The van der Waals surface area contributed by atoms with E-state index < -0.39 is 17.8 Å². The Morgan fingerprint density at radius 1 is 1.12 bits per heavy atom. The summed E-state index contributed by atoms with van der Waals surface area (Å²) in [5.74, 6) is -2.16. The van der Waals surface area contributed by atoms with Gasteiger partial charge >= 0.3 is 10.8 Å². The lowest BCUT2D eigenvalue weighted by Gasteiger charge is -2.43. The van der Waals surface area contributed by atoms with Crippen LogP contribution in [0, 0.1) is 36.5 Å². The third-order valence-corrected chi connectivity index (χ3v) is 12.1. The number of H-pyrrole nitrogens is 1. The molecule has 2 aliphatic carbocycles. The second-order valence-corrected chi connectivity index (χ2v) is 14.0. The first-order chi connectivity index (χ1) is 19.7. The highest BCUT2D eigenvalue weighted by atomic mass is 35.5. The molecule has 6 unspecified atom stereocenters. The van der Waals surface area contributed by atoms with Gasteiger partial charge in [0.05, 0.1) is 23.3 Å². The quantitative estimate of drug-likeness (QED) is 0.365. The topological polar surface area (TPSA) is 117 Å². The molecule has 1 aromatic heterocycles. The number of aromatic amines is 1. The lowest BCUT2D eigenvalue weighted by Crippen LogP contribution is -2.42. The van der Waals surface area contributed by atoms with Crippen molar-refractivity contribution in [1.29, 1.82) is 0 Å². The van der Waals surface area contributed by atoms with Crippen LogP contribution >= 0.6 is 34.7 Å². The zero-order valence-electron chi connectivity index (χ0n) is 22.0. The molecule has 7 rings (SSSR count). The Labute approximate surface area is 249 Å². The minimum absolute atomic E-state index is 0.0133. The van der Waals surface area contributed by atoms with Gasteiger partial charge in [-0.05, 0) is 60.4 Å². The van der Waals surface area contributed by atoms with E-state index >= 15 is 0 Å². The number of carbonyl (C=O) groups excluding carboxylic acids is 2. The molecule has 41 heavy (non-hydrogen) atoms. The predicted molar refractivity (Wildman–Crippen MR) is 154 cm³/mol. The van der Waals surface area contributed by atoms with E-state index in [4.69, 9.17) is 16.3 Å². The zero-order valence-corrected chi connectivity index (χ0v) is 24.4. The number of hydrogen-bond acceptors (Lipinski definition) is 7. The molecule has 2 amide bonds. The number of halogens is 1. The van der Waals surface area contributed by atoms with E-state index in [1.807, 2.05) is 43.3 Å². The maximum atomic E-state index is 13.6. The Bertz CT molecular complexity index is 1650. The van der Waals surface area contributed by atoms with Crippen LogP contribution in [0.4, 0.5) is 0 Å². The molecule has 2 aliphatic heterocycles. The van der Waals surface area contributed by atoms with Gasteiger partial charge in [0.25, 0.3) is 0 Å². The molecule has 7 atom stereocenters. The molecule has 4 aliphatic rings. The number of nitrogens with zero attached hydrogens (tertiary/aromatic N) is 1. The number of likely N-dealkylation sites (tertiary alicyclic amines) is 1. The van der Waals surface area contributed by atoms with Gasteiger partial charge in [0.1, 0.15) is 12.4 Å². The lowest BCUT2D eigenvalue weighted by atomic mass is 9.68. The number of imide groups is 1. The normalized spacial score (nSPS) is 29.4. The van der Waals surface area contributed by atoms with Crippen LogP contribution in [0.3, 0.4) is 0 Å². The molecule has 11 heteroatoms. The van der Waals surface area contributed by atoms with Gasteiger partial charge in [0.2, 0.25) is 11.8 Å². The Balaban J connectivity index is 1.29. The predicted octanol–water partition coefficient (Wildman–Crippen LogP) is 4.93. The van der Waals surface area contributed by atoms with Crippen molar-refractivity contribution in [3.8, 4) is 5.75 Å². The Morgan fingerprint density at radius 2 is 1.88 bits per heavy atom. The van der Waals surface area contributed by atoms with Gasteiger partial charge in [0.15, 0.2) is 0 Å².